The molecule has 2 rings (SSSR count). The molecule has 1 aliphatic rings. The van der Waals surface area contributed by atoms with Gasteiger partial charge in [0.1, 0.15) is 5.84 Å². The van der Waals surface area contributed by atoms with Gasteiger partial charge in [0.05, 0.1) is 6.54 Å². The Morgan fingerprint density at radius 3 is 2.43 bits per heavy atom. The van der Waals surface area contributed by atoms with Gasteiger partial charge >= 0.3 is 0 Å². The van der Waals surface area contributed by atoms with Gasteiger partial charge in [0.25, 0.3) is 0 Å². The quantitative estimate of drug-likeness (QED) is 0.754. The Morgan fingerprint density at radius 2 is 1.93 bits per heavy atom. The molecule has 1 aliphatic heterocycles. The normalized spacial score (nSPS) is 14.9. The second-order valence-corrected chi connectivity index (χ2v) is 3.60. The molecule has 0 spiro atoms. The van der Waals surface area contributed by atoms with E-state index in [-0.39, 0.29) is 0 Å². The summed E-state index contributed by atoms with van der Waals surface area (Å²) in [6.45, 7) is 1.86. The van der Waals surface area contributed by atoms with Crippen LogP contribution in [0.3, 0.4) is 0 Å². The van der Waals surface area contributed by atoms with Gasteiger partial charge in [-0.3, -0.25) is 4.99 Å². The predicted octanol–water partition coefficient (Wildman–Crippen LogP) is 1.10. The number of benzene rings is 1. The van der Waals surface area contributed by atoms with Gasteiger partial charge in [0.15, 0.2) is 0 Å². The second kappa shape index (κ2) is 3.70. The lowest BCUT2D eigenvalue weighted by molar-refractivity contribution is 0.960. The summed E-state index contributed by atoms with van der Waals surface area (Å²) in [7, 11) is 4.08. The van der Waals surface area contributed by atoms with Crippen molar-refractivity contribution >= 4 is 11.5 Å². The average molecular weight is 189 g/mol. The lowest BCUT2D eigenvalue weighted by atomic mass is 10.2. The fourth-order valence-corrected chi connectivity index (χ4v) is 1.51. The molecule has 1 aromatic rings. The van der Waals surface area contributed by atoms with E-state index in [2.05, 4.69) is 39.5 Å². The number of nitrogens with zero attached hydrogens (tertiary/aromatic N) is 2. The van der Waals surface area contributed by atoms with Crippen molar-refractivity contribution in [3.63, 3.8) is 0 Å². The van der Waals surface area contributed by atoms with Crippen molar-refractivity contribution in [1.29, 1.82) is 0 Å². The lowest BCUT2D eigenvalue weighted by Gasteiger charge is -2.12. The van der Waals surface area contributed by atoms with Crippen molar-refractivity contribution in [2.75, 3.05) is 32.1 Å². The molecule has 1 heterocycles. The largest absolute Gasteiger partial charge is 0.378 e. The summed E-state index contributed by atoms with van der Waals surface area (Å²) < 4.78 is 0. The fraction of sp³-hybridized carbons (Fsp3) is 0.364. The molecular weight excluding hydrogens is 174 g/mol. The van der Waals surface area contributed by atoms with Gasteiger partial charge in [-0.1, -0.05) is 0 Å². The Balaban J connectivity index is 2.21. The Kier molecular flexibility index (Phi) is 2.39. The molecule has 74 valence electrons. The molecule has 0 saturated carbocycles. The van der Waals surface area contributed by atoms with Crippen molar-refractivity contribution < 1.29 is 0 Å². The number of amidine groups is 1. The van der Waals surface area contributed by atoms with E-state index in [0.29, 0.717) is 0 Å². The maximum Gasteiger partial charge on any atom is 0.128 e. The molecule has 1 aromatic carbocycles. The summed E-state index contributed by atoms with van der Waals surface area (Å²) in [5.41, 5.74) is 2.39. The number of hydrogen-bond acceptors (Lipinski definition) is 3. The zero-order chi connectivity index (χ0) is 9.97. The Morgan fingerprint density at radius 1 is 1.21 bits per heavy atom. The van der Waals surface area contributed by atoms with E-state index in [0.717, 1.165) is 18.9 Å². The van der Waals surface area contributed by atoms with Gasteiger partial charge in [0, 0.05) is 31.9 Å². The number of nitrogens with one attached hydrogen (secondary N) is 1. The number of rotatable bonds is 2. The van der Waals surface area contributed by atoms with Gasteiger partial charge in [-0.15, -0.1) is 0 Å². The molecular formula is C11H15N3. The summed E-state index contributed by atoms with van der Waals surface area (Å²) >= 11 is 0. The number of aliphatic imine (C=N–C) groups is 1. The second-order valence-electron chi connectivity index (χ2n) is 3.60. The lowest BCUT2D eigenvalue weighted by Crippen LogP contribution is -2.19. The molecule has 0 atom stereocenters. The van der Waals surface area contributed by atoms with E-state index >= 15 is 0 Å². The highest BCUT2D eigenvalue weighted by Crippen LogP contribution is 2.12. The molecule has 14 heavy (non-hydrogen) atoms. The number of hydrogen-bond donors (Lipinski definition) is 1. The van der Waals surface area contributed by atoms with Crippen LogP contribution in [0.1, 0.15) is 5.56 Å². The first-order chi connectivity index (χ1) is 6.77. The highest BCUT2D eigenvalue weighted by Gasteiger charge is 2.07. The van der Waals surface area contributed by atoms with Gasteiger partial charge in [-0.05, 0) is 24.3 Å². The molecule has 3 nitrogen and oxygen atoms in total. The molecule has 3 heteroatoms. The van der Waals surface area contributed by atoms with Crippen LogP contribution in [0.25, 0.3) is 0 Å². The van der Waals surface area contributed by atoms with E-state index < -0.39 is 0 Å². The first-order valence-corrected chi connectivity index (χ1v) is 4.83. The van der Waals surface area contributed by atoms with Crippen molar-refractivity contribution in [2.24, 2.45) is 4.99 Å². The summed E-state index contributed by atoms with van der Waals surface area (Å²) in [5, 5.41) is 3.26. The van der Waals surface area contributed by atoms with Crippen LogP contribution < -0.4 is 10.2 Å². The Labute approximate surface area is 84.5 Å². The van der Waals surface area contributed by atoms with Gasteiger partial charge in [-0.2, -0.15) is 0 Å². The topological polar surface area (TPSA) is 27.6 Å². The van der Waals surface area contributed by atoms with E-state index in [1.54, 1.807) is 0 Å². The van der Waals surface area contributed by atoms with Crippen LogP contribution in [0, 0.1) is 0 Å². The average Bonchev–Trinajstić information content (AvgIpc) is 2.71. The van der Waals surface area contributed by atoms with Crippen LogP contribution in [0.2, 0.25) is 0 Å². The molecule has 0 fully saturated rings. The van der Waals surface area contributed by atoms with Crippen LogP contribution in [0.4, 0.5) is 5.69 Å². The monoisotopic (exact) mass is 189 g/mol. The minimum Gasteiger partial charge on any atom is -0.378 e. The molecule has 0 aliphatic carbocycles. The van der Waals surface area contributed by atoms with Gasteiger partial charge in [-0.25, -0.2) is 0 Å². The minimum atomic E-state index is 0.894. The summed E-state index contributed by atoms with van der Waals surface area (Å²) in [4.78, 5) is 6.46. The van der Waals surface area contributed by atoms with E-state index in [9.17, 15) is 0 Å². The van der Waals surface area contributed by atoms with E-state index in [1.165, 1.54) is 11.3 Å². The Hall–Kier alpha value is -1.51. The van der Waals surface area contributed by atoms with Crippen LogP contribution in [-0.4, -0.2) is 33.0 Å². The molecule has 0 saturated heterocycles. The number of anilines is 1. The van der Waals surface area contributed by atoms with Crippen molar-refractivity contribution in [2.45, 2.75) is 0 Å². The maximum absolute atomic E-state index is 4.37. The standard InChI is InChI=1S/C11H15N3/c1-14(2)10-5-3-9(4-6-10)11-12-7-8-13-11/h3-6H,7-8H2,1-2H3,(H,12,13). The third-order valence-corrected chi connectivity index (χ3v) is 2.33. The van der Waals surface area contributed by atoms with Crippen LogP contribution in [-0.2, 0) is 0 Å². The Bertz CT molecular complexity index is 338. The summed E-state index contributed by atoms with van der Waals surface area (Å²) in [6.07, 6.45) is 0. The maximum atomic E-state index is 4.37. The van der Waals surface area contributed by atoms with E-state index in [4.69, 9.17) is 0 Å². The first kappa shape index (κ1) is 9.06. The van der Waals surface area contributed by atoms with Crippen LogP contribution >= 0.6 is 0 Å². The molecule has 0 radical (unpaired) electrons. The summed E-state index contributed by atoms with van der Waals surface area (Å²) in [5.74, 6) is 1.02. The summed E-state index contributed by atoms with van der Waals surface area (Å²) in [6, 6.07) is 8.43. The first-order valence-electron chi connectivity index (χ1n) is 4.83. The highest BCUT2D eigenvalue weighted by atomic mass is 15.1. The zero-order valence-corrected chi connectivity index (χ0v) is 8.62. The van der Waals surface area contributed by atoms with Gasteiger partial charge < -0.3 is 10.2 Å². The molecule has 0 bridgehead atoms. The predicted molar refractivity (Wildman–Crippen MR) is 60.2 cm³/mol. The van der Waals surface area contributed by atoms with Crippen molar-refractivity contribution in [3.05, 3.63) is 29.8 Å². The van der Waals surface area contributed by atoms with Crippen LogP contribution in [0.15, 0.2) is 29.3 Å². The highest BCUT2D eigenvalue weighted by molar-refractivity contribution is 5.99. The molecule has 1 N–H and O–H groups in total. The molecule has 0 amide bonds. The van der Waals surface area contributed by atoms with Crippen molar-refractivity contribution in [3.8, 4) is 0 Å². The van der Waals surface area contributed by atoms with Crippen LogP contribution in [0.5, 0.6) is 0 Å². The van der Waals surface area contributed by atoms with Gasteiger partial charge in [0.2, 0.25) is 0 Å². The smallest absolute Gasteiger partial charge is 0.128 e. The SMILES string of the molecule is CN(C)c1ccc(C2=NCCN2)cc1. The molecule has 0 aromatic heterocycles. The zero-order valence-electron chi connectivity index (χ0n) is 8.62. The minimum absolute atomic E-state index is 0.894. The third-order valence-electron chi connectivity index (χ3n) is 2.33. The van der Waals surface area contributed by atoms with E-state index in [1.807, 2.05) is 14.1 Å². The third kappa shape index (κ3) is 1.71. The fourth-order valence-electron chi connectivity index (χ4n) is 1.51. The van der Waals surface area contributed by atoms with Crippen molar-refractivity contribution in [1.82, 2.24) is 5.32 Å². The molecule has 0 unspecified atom stereocenters.